The molecule has 0 aromatic heterocycles. The average Bonchev–Trinajstić information content (AvgIpc) is 2.49. The van der Waals surface area contributed by atoms with E-state index < -0.39 is 0 Å². The fourth-order valence-electron chi connectivity index (χ4n) is 2.49. The lowest BCUT2D eigenvalue weighted by Gasteiger charge is -2.25. The van der Waals surface area contributed by atoms with Crippen LogP contribution in [0.15, 0.2) is 60.7 Å². The van der Waals surface area contributed by atoms with Crippen molar-refractivity contribution in [3.63, 3.8) is 0 Å². The lowest BCUT2D eigenvalue weighted by Crippen LogP contribution is -2.32. The average molecular weight is 268 g/mol. The van der Waals surface area contributed by atoms with Gasteiger partial charge in [0, 0.05) is 19.1 Å². The zero-order chi connectivity index (χ0) is 14.2. The summed E-state index contributed by atoms with van der Waals surface area (Å²) in [4.78, 5) is 2.37. The summed E-state index contributed by atoms with van der Waals surface area (Å²) in [7, 11) is 2.18. The largest absolute Gasteiger partial charge is 0.309 e. The molecular weight excluding hydrogens is 244 g/mol. The Morgan fingerprint density at radius 2 is 1.55 bits per heavy atom. The van der Waals surface area contributed by atoms with Gasteiger partial charge in [0.05, 0.1) is 0 Å². The summed E-state index contributed by atoms with van der Waals surface area (Å²) < 4.78 is 0. The van der Waals surface area contributed by atoms with Gasteiger partial charge in [-0.15, -0.1) is 0 Å². The van der Waals surface area contributed by atoms with E-state index in [0.717, 1.165) is 19.6 Å². The van der Waals surface area contributed by atoms with Crippen molar-refractivity contribution in [2.45, 2.75) is 19.5 Å². The quantitative estimate of drug-likeness (QED) is 0.827. The maximum atomic E-state index is 3.57. The molecule has 0 saturated carbocycles. The van der Waals surface area contributed by atoms with Crippen LogP contribution in [0.1, 0.15) is 24.1 Å². The Hall–Kier alpha value is -1.64. The fourth-order valence-corrected chi connectivity index (χ4v) is 2.49. The molecule has 1 atom stereocenters. The third-order valence-corrected chi connectivity index (χ3v) is 3.44. The van der Waals surface area contributed by atoms with Crippen LogP contribution in [-0.2, 0) is 6.54 Å². The van der Waals surface area contributed by atoms with E-state index in [-0.39, 0.29) is 0 Å². The number of hydrogen-bond acceptors (Lipinski definition) is 2. The normalized spacial score (nSPS) is 12.6. The molecule has 1 unspecified atom stereocenters. The molecule has 20 heavy (non-hydrogen) atoms. The van der Waals surface area contributed by atoms with Crippen LogP contribution in [0.25, 0.3) is 0 Å². The second kappa shape index (κ2) is 7.83. The van der Waals surface area contributed by atoms with Crippen LogP contribution in [0.5, 0.6) is 0 Å². The Morgan fingerprint density at radius 1 is 0.950 bits per heavy atom. The van der Waals surface area contributed by atoms with Crippen molar-refractivity contribution in [3.05, 3.63) is 71.8 Å². The number of nitrogens with one attached hydrogen (secondary N) is 1. The third-order valence-electron chi connectivity index (χ3n) is 3.44. The van der Waals surface area contributed by atoms with Gasteiger partial charge in [-0.3, -0.25) is 0 Å². The van der Waals surface area contributed by atoms with Crippen LogP contribution in [0, 0.1) is 0 Å². The first-order valence-corrected chi connectivity index (χ1v) is 7.30. The molecule has 2 heteroatoms. The zero-order valence-corrected chi connectivity index (χ0v) is 12.4. The molecule has 0 saturated heterocycles. The first kappa shape index (κ1) is 14.8. The fraction of sp³-hybridized carbons (Fsp3) is 0.333. The lowest BCUT2D eigenvalue weighted by molar-refractivity contribution is 0.285. The molecule has 2 nitrogen and oxygen atoms in total. The van der Waals surface area contributed by atoms with E-state index in [9.17, 15) is 0 Å². The minimum atomic E-state index is 0.384. The van der Waals surface area contributed by atoms with Gasteiger partial charge < -0.3 is 10.2 Å². The van der Waals surface area contributed by atoms with E-state index in [1.165, 1.54) is 11.1 Å². The summed E-state index contributed by atoms with van der Waals surface area (Å²) in [5, 5.41) is 3.57. The van der Waals surface area contributed by atoms with E-state index in [1.54, 1.807) is 0 Å². The van der Waals surface area contributed by atoms with Gasteiger partial charge in [-0.05, 0) is 24.7 Å². The minimum absolute atomic E-state index is 0.384. The number of rotatable bonds is 7. The molecule has 0 fully saturated rings. The van der Waals surface area contributed by atoms with Gasteiger partial charge in [0.1, 0.15) is 0 Å². The molecule has 1 N–H and O–H groups in total. The molecule has 0 heterocycles. The zero-order valence-electron chi connectivity index (χ0n) is 12.4. The number of hydrogen-bond donors (Lipinski definition) is 1. The van der Waals surface area contributed by atoms with Crippen LogP contribution >= 0.6 is 0 Å². The Labute approximate surface area is 122 Å². The smallest absolute Gasteiger partial charge is 0.0449 e. The highest BCUT2D eigenvalue weighted by Gasteiger charge is 2.12. The molecule has 2 aromatic carbocycles. The Morgan fingerprint density at radius 3 is 2.15 bits per heavy atom. The molecule has 0 aliphatic rings. The minimum Gasteiger partial charge on any atom is -0.309 e. The topological polar surface area (TPSA) is 15.3 Å². The van der Waals surface area contributed by atoms with Crippen LogP contribution in [-0.4, -0.2) is 25.0 Å². The van der Waals surface area contributed by atoms with Crippen LogP contribution in [0.2, 0.25) is 0 Å². The second-order valence-electron chi connectivity index (χ2n) is 5.20. The summed E-state index contributed by atoms with van der Waals surface area (Å²) in [5.41, 5.74) is 2.72. The van der Waals surface area contributed by atoms with E-state index >= 15 is 0 Å². The Balaban J connectivity index is 1.97. The predicted molar refractivity (Wildman–Crippen MR) is 85.6 cm³/mol. The predicted octanol–water partition coefficient (Wildman–Crippen LogP) is 3.47. The van der Waals surface area contributed by atoms with Crippen molar-refractivity contribution in [2.75, 3.05) is 20.1 Å². The number of likely N-dealkylation sites (N-methyl/N-ethyl adjacent to an activating group) is 2. The molecular formula is C18H24N2. The summed E-state index contributed by atoms with van der Waals surface area (Å²) in [6.07, 6.45) is 0. The SMILES string of the molecule is CCNC(CN(C)Cc1ccccc1)c1ccccc1. The van der Waals surface area contributed by atoms with Crippen molar-refractivity contribution < 1.29 is 0 Å². The summed E-state index contributed by atoms with van der Waals surface area (Å²) in [5.74, 6) is 0. The number of nitrogens with zero attached hydrogens (tertiary/aromatic N) is 1. The Kier molecular flexibility index (Phi) is 5.78. The maximum absolute atomic E-state index is 3.57. The molecule has 2 aromatic rings. The van der Waals surface area contributed by atoms with Crippen molar-refractivity contribution in [1.29, 1.82) is 0 Å². The van der Waals surface area contributed by atoms with Gasteiger partial charge in [0.2, 0.25) is 0 Å². The Bertz CT molecular complexity index is 481. The molecule has 106 valence electrons. The standard InChI is InChI=1S/C18H24N2/c1-3-19-18(17-12-8-5-9-13-17)15-20(2)14-16-10-6-4-7-11-16/h4-13,18-19H,3,14-15H2,1-2H3. The molecule has 0 amide bonds. The third kappa shape index (κ3) is 4.48. The maximum Gasteiger partial charge on any atom is 0.0449 e. The summed E-state index contributed by atoms with van der Waals surface area (Å²) >= 11 is 0. The van der Waals surface area contributed by atoms with E-state index in [0.29, 0.717) is 6.04 Å². The van der Waals surface area contributed by atoms with Crippen LogP contribution < -0.4 is 5.32 Å². The van der Waals surface area contributed by atoms with Crippen LogP contribution in [0.4, 0.5) is 0 Å². The van der Waals surface area contributed by atoms with Crippen molar-refractivity contribution in [3.8, 4) is 0 Å². The molecule has 0 radical (unpaired) electrons. The van der Waals surface area contributed by atoms with Crippen molar-refractivity contribution in [2.24, 2.45) is 0 Å². The van der Waals surface area contributed by atoms with Crippen LogP contribution in [0.3, 0.4) is 0 Å². The first-order chi connectivity index (χ1) is 9.79. The monoisotopic (exact) mass is 268 g/mol. The summed E-state index contributed by atoms with van der Waals surface area (Å²) in [6, 6.07) is 21.7. The van der Waals surface area contributed by atoms with Gasteiger partial charge >= 0.3 is 0 Å². The van der Waals surface area contributed by atoms with E-state index in [2.05, 4.69) is 84.9 Å². The first-order valence-electron chi connectivity index (χ1n) is 7.30. The highest BCUT2D eigenvalue weighted by Crippen LogP contribution is 2.14. The lowest BCUT2D eigenvalue weighted by atomic mass is 10.1. The highest BCUT2D eigenvalue weighted by molar-refractivity contribution is 5.19. The van der Waals surface area contributed by atoms with E-state index in [1.807, 2.05) is 0 Å². The number of benzene rings is 2. The van der Waals surface area contributed by atoms with Gasteiger partial charge in [-0.1, -0.05) is 67.6 Å². The summed E-state index contributed by atoms with van der Waals surface area (Å²) in [6.45, 7) is 5.13. The van der Waals surface area contributed by atoms with Gasteiger partial charge in [0.15, 0.2) is 0 Å². The van der Waals surface area contributed by atoms with E-state index in [4.69, 9.17) is 0 Å². The molecule has 2 rings (SSSR count). The van der Waals surface area contributed by atoms with Crippen molar-refractivity contribution in [1.82, 2.24) is 10.2 Å². The highest BCUT2D eigenvalue weighted by atomic mass is 15.1. The molecule has 0 aliphatic carbocycles. The molecule has 0 spiro atoms. The van der Waals surface area contributed by atoms with Gasteiger partial charge in [-0.25, -0.2) is 0 Å². The van der Waals surface area contributed by atoms with Crippen molar-refractivity contribution >= 4 is 0 Å². The molecule has 0 aliphatic heterocycles. The van der Waals surface area contributed by atoms with Gasteiger partial charge in [0.25, 0.3) is 0 Å². The second-order valence-corrected chi connectivity index (χ2v) is 5.20. The molecule has 0 bridgehead atoms. The van der Waals surface area contributed by atoms with Gasteiger partial charge in [-0.2, -0.15) is 0 Å².